The van der Waals surface area contributed by atoms with Crippen LogP contribution in [0.25, 0.3) is 6.08 Å². The molecule has 3 N–H and O–H groups in total. The molecule has 1 fully saturated rings. The van der Waals surface area contributed by atoms with Gasteiger partial charge in [-0.05, 0) is 43.0 Å². The number of hydrogen-bond acceptors (Lipinski definition) is 4. The summed E-state index contributed by atoms with van der Waals surface area (Å²) in [5.41, 5.74) is 4.09. The van der Waals surface area contributed by atoms with Crippen LogP contribution in [0, 0.1) is 0 Å². The molecule has 0 saturated carbocycles. The fourth-order valence-electron chi connectivity index (χ4n) is 4.23. The molecule has 158 valence electrons. The first-order valence-electron chi connectivity index (χ1n) is 10.7. The van der Waals surface area contributed by atoms with Crippen molar-refractivity contribution in [3.63, 3.8) is 0 Å². The summed E-state index contributed by atoms with van der Waals surface area (Å²) in [6, 6.07) is 9.54. The minimum Gasteiger partial charge on any atom is -0.505 e. The number of fused-ring (bicyclic) bond motifs is 1. The lowest BCUT2D eigenvalue weighted by molar-refractivity contribution is -0.121. The average molecular weight is 426 g/mol. The van der Waals surface area contributed by atoms with Crippen molar-refractivity contribution in [3.8, 4) is 5.75 Å². The number of nitrogens with one attached hydrogen (secondary N) is 2. The van der Waals surface area contributed by atoms with Crippen LogP contribution >= 0.6 is 11.6 Å². The third-order valence-corrected chi connectivity index (χ3v) is 6.10. The van der Waals surface area contributed by atoms with Gasteiger partial charge in [-0.25, -0.2) is 0 Å². The third kappa shape index (κ3) is 4.12. The normalized spacial score (nSPS) is 16.1. The van der Waals surface area contributed by atoms with Gasteiger partial charge >= 0.3 is 0 Å². The van der Waals surface area contributed by atoms with E-state index >= 15 is 0 Å². The van der Waals surface area contributed by atoms with Crippen molar-refractivity contribution >= 4 is 35.0 Å². The second kappa shape index (κ2) is 9.00. The van der Waals surface area contributed by atoms with Crippen LogP contribution in [0.1, 0.15) is 55.3 Å². The maximum atomic E-state index is 12.5. The minimum atomic E-state index is -0.479. The number of nitrogens with zero attached hydrogens (tertiary/aromatic N) is 1. The molecule has 1 atom stereocenters. The van der Waals surface area contributed by atoms with Crippen LogP contribution in [0.2, 0.25) is 5.02 Å². The Hall–Kier alpha value is -2.66. The summed E-state index contributed by atoms with van der Waals surface area (Å²) >= 11 is 6.54. The van der Waals surface area contributed by atoms with Crippen molar-refractivity contribution in [1.82, 2.24) is 5.32 Å². The van der Waals surface area contributed by atoms with Crippen LogP contribution in [-0.2, 0) is 4.79 Å². The molecule has 0 bridgehead atoms. The summed E-state index contributed by atoms with van der Waals surface area (Å²) in [6.07, 6.45) is 7.51. The Kier molecular flexibility index (Phi) is 6.18. The van der Waals surface area contributed by atoms with Crippen molar-refractivity contribution in [2.24, 2.45) is 0 Å². The highest BCUT2D eigenvalue weighted by atomic mass is 35.5. The van der Waals surface area contributed by atoms with Crippen LogP contribution in [0.5, 0.6) is 5.75 Å². The van der Waals surface area contributed by atoms with E-state index in [-0.39, 0.29) is 11.7 Å². The molecule has 6 heteroatoms. The van der Waals surface area contributed by atoms with E-state index in [2.05, 4.69) is 27.7 Å². The minimum absolute atomic E-state index is 0.0489. The average Bonchev–Trinajstić information content (AvgIpc) is 3.30. The lowest BCUT2D eigenvalue weighted by Gasteiger charge is -2.25. The zero-order valence-electron chi connectivity index (χ0n) is 17.2. The van der Waals surface area contributed by atoms with Crippen molar-refractivity contribution in [2.75, 3.05) is 29.9 Å². The Morgan fingerprint density at radius 2 is 2.00 bits per heavy atom. The summed E-state index contributed by atoms with van der Waals surface area (Å²) in [5.74, 6) is 0.0800. The zero-order valence-corrected chi connectivity index (χ0v) is 18.0. The van der Waals surface area contributed by atoms with Gasteiger partial charge in [-0.15, -0.1) is 0 Å². The van der Waals surface area contributed by atoms with Gasteiger partial charge in [0.05, 0.1) is 16.8 Å². The molecule has 30 heavy (non-hydrogen) atoms. The third-order valence-electron chi connectivity index (χ3n) is 5.79. The van der Waals surface area contributed by atoms with E-state index in [4.69, 9.17) is 11.6 Å². The van der Waals surface area contributed by atoms with Crippen molar-refractivity contribution < 1.29 is 9.90 Å². The molecular weight excluding hydrogens is 398 g/mol. The highest BCUT2D eigenvalue weighted by molar-refractivity contribution is 6.33. The van der Waals surface area contributed by atoms with Crippen LogP contribution in [0.3, 0.4) is 0 Å². The van der Waals surface area contributed by atoms with Gasteiger partial charge in [0.1, 0.15) is 5.75 Å². The fourth-order valence-corrected chi connectivity index (χ4v) is 4.50. The highest BCUT2D eigenvalue weighted by Crippen LogP contribution is 2.43. The van der Waals surface area contributed by atoms with Gasteiger partial charge in [0.15, 0.2) is 0 Å². The Bertz CT molecular complexity index is 950. The van der Waals surface area contributed by atoms with E-state index < -0.39 is 6.04 Å². The number of hydrogen-bond donors (Lipinski definition) is 3. The number of benzene rings is 2. The van der Waals surface area contributed by atoms with E-state index in [9.17, 15) is 9.90 Å². The smallest absolute Gasteiger partial charge is 0.220 e. The molecule has 1 unspecified atom stereocenters. The van der Waals surface area contributed by atoms with Gasteiger partial charge in [-0.1, -0.05) is 42.8 Å². The number of rotatable bonds is 6. The zero-order chi connectivity index (χ0) is 21.1. The van der Waals surface area contributed by atoms with Gasteiger partial charge < -0.3 is 20.6 Å². The number of anilines is 2. The van der Waals surface area contributed by atoms with Gasteiger partial charge in [0, 0.05) is 42.9 Å². The predicted molar refractivity (Wildman–Crippen MR) is 123 cm³/mol. The number of halogens is 1. The Labute approximate surface area is 182 Å². The molecule has 2 aromatic carbocycles. The summed E-state index contributed by atoms with van der Waals surface area (Å²) < 4.78 is 0. The molecular formula is C24H28ClN3O2. The first kappa shape index (κ1) is 20.6. The Morgan fingerprint density at radius 1 is 1.27 bits per heavy atom. The molecule has 2 aliphatic heterocycles. The van der Waals surface area contributed by atoms with Crippen LogP contribution in [0.15, 0.2) is 36.4 Å². The highest BCUT2D eigenvalue weighted by Gasteiger charge is 2.25. The second-order valence-corrected chi connectivity index (χ2v) is 8.31. The monoisotopic (exact) mass is 425 g/mol. The topological polar surface area (TPSA) is 64.6 Å². The standard InChI is InChI=1S/C24H28ClN3O2/c1-2-6-21(29)27-22(16-8-10-17(11-9-16)28-13-3-4-14-28)19-15-20(25)18-7-5-12-26-23(18)24(19)30/h5,7-11,15,22,26,30H,2-4,6,12-14H2,1H3,(H,27,29). The lowest BCUT2D eigenvalue weighted by atomic mass is 9.94. The van der Waals surface area contributed by atoms with Crippen molar-refractivity contribution in [1.29, 1.82) is 0 Å². The Morgan fingerprint density at radius 3 is 2.70 bits per heavy atom. The van der Waals surface area contributed by atoms with Gasteiger partial charge in [-0.3, -0.25) is 4.79 Å². The second-order valence-electron chi connectivity index (χ2n) is 7.90. The molecule has 2 heterocycles. The number of amides is 1. The largest absolute Gasteiger partial charge is 0.505 e. The number of phenolic OH excluding ortho intramolecular Hbond substituents is 1. The molecule has 0 spiro atoms. The lowest BCUT2D eigenvalue weighted by Crippen LogP contribution is -2.29. The number of carbonyl (C=O) groups is 1. The number of carbonyl (C=O) groups excluding carboxylic acids is 1. The van der Waals surface area contributed by atoms with E-state index in [1.54, 1.807) is 6.07 Å². The van der Waals surface area contributed by atoms with Crippen molar-refractivity contribution in [3.05, 3.63) is 58.1 Å². The molecule has 0 aromatic heterocycles. The fraction of sp³-hybridized carbons (Fsp3) is 0.375. The van der Waals surface area contributed by atoms with Crippen LogP contribution < -0.4 is 15.5 Å². The van der Waals surface area contributed by atoms with E-state index in [0.717, 1.165) is 30.6 Å². The molecule has 1 amide bonds. The molecule has 5 nitrogen and oxygen atoms in total. The summed E-state index contributed by atoms with van der Waals surface area (Å²) in [5, 5.41) is 17.9. The quantitative estimate of drug-likeness (QED) is 0.564. The Balaban J connectivity index is 1.72. The number of phenols is 1. The summed E-state index contributed by atoms with van der Waals surface area (Å²) in [7, 11) is 0. The van der Waals surface area contributed by atoms with Crippen LogP contribution in [0.4, 0.5) is 11.4 Å². The summed E-state index contributed by atoms with van der Waals surface area (Å²) in [6.45, 7) is 4.76. The first-order valence-corrected chi connectivity index (χ1v) is 11.1. The van der Waals surface area contributed by atoms with E-state index in [0.29, 0.717) is 29.2 Å². The first-order chi connectivity index (χ1) is 14.6. The molecule has 1 saturated heterocycles. The van der Waals surface area contributed by atoms with E-state index in [1.807, 2.05) is 31.2 Å². The molecule has 0 aliphatic carbocycles. The van der Waals surface area contributed by atoms with E-state index in [1.165, 1.54) is 18.5 Å². The predicted octanol–water partition coefficient (Wildman–Crippen LogP) is 5.09. The maximum Gasteiger partial charge on any atom is 0.220 e. The molecule has 2 aromatic rings. The molecule has 2 aliphatic rings. The van der Waals surface area contributed by atoms with Crippen molar-refractivity contribution in [2.45, 2.75) is 38.6 Å². The van der Waals surface area contributed by atoms with Gasteiger partial charge in [-0.2, -0.15) is 0 Å². The summed E-state index contributed by atoms with van der Waals surface area (Å²) in [4.78, 5) is 14.9. The maximum absolute atomic E-state index is 12.5. The van der Waals surface area contributed by atoms with Crippen LogP contribution in [-0.4, -0.2) is 30.6 Å². The van der Waals surface area contributed by atoms with Gasteiger partial charge in [0.2, 0.25) is 5.91 Å². The van der Waals surface area contributed by atoms with Gasteiger partial charge in [0.25, 0.3) is 0 Å². The number of aromatic hydroxyl groups is 1. The SMILES string of the molecule is CCCC(=O)NC(c1ccc(N2CCCC2)cc1)c1cc(Cl)c2c(c1O)NCC=C2. The molecule has 0 radical (unpaired) electrons. The molecule has 4 rings (SSSR count).